The Bertz CT molecular complexity index is 855. The van der Waals surface area contributed by atoms with Gasteiger partial charge >= 0.3 is 0 Å². The van der Waals surface area contributed by atoms with Gasteiger partial charge in [-0.05, 0) is 30.2 Å². The molecule has 2 heterocycles. The third-order valence-electron chi connectivity index (χ3n) is 4.42. The van der Waals surface area contributed by atoms with Crippen LogP contribution in [0.1, 0.15) is 13.8 Å². The minimum atomic E-state index is -1.51. The van der Waals surface area contributed by atoms with Crippen LogP contribution in [0.15, 0.2) is 35.4 Å². The van der Waals surface area contributed by atoms with Crippen molar-refractivity contribution >= 4 is 40.0 Å². The molecule has 138 valence electrons. The lowest BCUT2D eigenvalue weighted by Gasteiger charge is -2.40. The van der Waals surface area contributed by atoms with Crippen molar-refractivity contribution in [2.75, 3.05) is 29.2 Å². The van der Waals surface area contributed by atoms with Gasteiger partial charge < -0.3 is 15.1 Å². The molecule has 1 aliphatic heterocycles. The van der Waals surface area contributed by atoms with Crippen molar-refractivity contribution in [1.82, 2.24) is 9.97 Å². The van der Waals surface area contributed by atoms with Gasteiger partial charge in [-0.2, -0.15) is 4.98 Å². The van der Waals surface area contributed by atoms with Crippen molar-refractivity contribution in [3.05, 3.63) is 30.5 Å². The number of benzene rings is 1. The Morgan fingerprint density at radius 2 is 1.88 bits per heavy atom. The fraction of sp³-hybridized carbons (Fsp3) is 0.353. The summed E-state index contributed by atoms with van der Waals surface area (Å²) in [4.78, 5) is 25.5. The number of fused-ring (bicyclic) bond motifs is 1. The van der Waals surface area contributed by atoms with Gasteiger partial charge in [0.05, 0.1) is 11.1 Å². The predicted octanol–water partition coefficient (Wildman–Crippen LogP) is 1.64. The Balaban J connectivity index is 1.91. The highest BCUT2D eigenvalue weighted by Crippen LogP contribution is 2.35. The first kappa shape index (κ1) is 18.3. The molecule has 0 fully saturated rings. The van der Waals surface area contributed by atoms with Crippen molar-refractivity contribution < 1.29 is 9.00 Å². The fourth-order valence-corrected chi connectivity index (χ4v) is 3.48. The number of carbonyl (C=O) groups is 1. The summed E-state index contributed by atoms with van der Waals surface area (Å²) in [5.74, 6) is 1.30. The van der Waals surface area contributed by atoms with Gasteiger partial charge in [0.2, 0.25) is 11.9 Å². The SMILES string of the molecule is CC(C)C1C(=O)N(C)c2cnc(Nc3ccc(S(N)=O)cc3)nc2N1C. The van der Waals surface area contributed by atoms with Crippen LogP contribution in [0.5, 0.6) is 0 Å². The molecule has 1 aromatic heterocycles. The number of anilines is 4. The zero-order chi connectivity index (χ0) is 19.0. The van der Waals surface area contributed by atoms with Crippen LogP contribution in [0.4, 0.5) is 23.1 Å². The number of hydrogen-bond donors (Lipinski definition) is 2. The van der Waals surface area contributed by atoms with E-state index in [0.29, 0.717) is 22.3 Å². The van der Waals surface area contributed by atoms with Crippen LogP contribution >= 0.6 is 0 Å². The largest absolute Gasteiger partial charge is 0.345 e. The molecule has 3 N–H and O–H groups in total. The number of hydrogen-bond acceptors (Lipinski definition) is 6. The lowest BCUT2D eigenvalue weighted by Crippen LogP contribution is -2.53. The van der Waals surface area contributed by atoms with Gasteiger partial charge in [-0.15, -0.1) is 0 Å². The molecule has 0 saturated heterocycles. The van der Waals surface area contributed by atoms with Gasteiger partial charge in [-0.3, -0.25) is 4.79 Å². The first-order chi connectivity index (χ1) is 12.3. The molecule has 2 unspecified atom stereocenters. The van der Waals surface area contributed by atoms with Crippen LogP contribution in [0.25, 0.3) is 0 Å². The maximum Gasteiger partial charge on any atom is 0.249 e. The Kier molecular flexibility index (Phi) is 4.92. The Labute approximate surface area is 155 Å². The monoisotopic (exact) mass is 374 g/mol. The van der Waals surface area contributed by atoms with E-state index in [0.717, 1.165) is 5.69 Å². The third kappa shape index (κ3) is 3.27. The molecule has 2 aromatic rings. The second kappa shape index (κ2) is 7.00. The molecule has 0 saturated carbocycles. The Hall–Kier alpha value is -2.52. The molecule has 0 spiro atoms. The summed E-state index contributed by atoms with van der Waals surface area (Å²) in [6.45, 7) is 4.03. The highest BCUT2D eigenvalue weighted by molar-refractivity contribution is 7.82. The molecule has 9 heteroatoms. The highest BCUT2D eigenvalue weighted by atomic mass is 32.2. The topological polar surface area (TPSA) is 104 Å². The van der Waals surface area contributed by atoms with Crippen LogP contribution in [0.2, 0.25) is 0 Å². The predicted molar refractivity (Wildman–Crippen MR) is 103 cm³/mol. The maximum absolute atomic E-state index is 12.6. The zero-order valence-electron chi connectivity index (χ0n) is 15.1. The summed E-state index contributed by atoms with van der Waals surface area (Å²) in [6, 6.07) is 6.63. The summed E-state index contributed by atoms with van der Waals surface area (Å²) in [7, 11) is 2.10. The standard InChI is InChI=1S/C17H22N6O2S/c1-10(2)14-16(24)22(3)13-9-19-17(21-15(13)23(14)4)20-11-5-7-12(8-6-11)26(18)25/h5-10,14H,18H2,1-4H3,(H,19,20,21). The molecule has 1 aliphatic rings. The van der Waals surface area contributed by atoms with E-state index in [2.05, 4.69) is 15.3 Å². The van der Waals surface area contributed by atoms with Crippen LogP contribution < -0.4 is 20.3 Å². The minimum absolute atomic E-state index is 0.0321. The van der Waals surface area contributed by atoms with Crippen molar-refractivity contribution in [3.8, 4) is 0 Å². The van der Waals surface area contributed by atoms with Crippen LogP contribution in [-0.2, 0) is 15.8 Å². The molecule has 0 aliphatic carbocycles. The molecule has 0 radical (unpaired) electrons. The minimum Gasteiger partial charge on any atom is -0.345 e. The van der Waals surface area contributed by atoms with Gasteiger partial charge in [0, 0.05) is 19.8 Å². The molecule has 1 aromatic carbocycles. The first-order valence-electron chi connectivity index (χ1n) is 8.20. The average Bonchev–Trinajstić information content (AvgIpc) is 2.60. The summed E-state index contributed by atoms with van der Waals surface area (Å²) in [5.41, 5.74) is 1.43. The van der Waals surface area contributed by atoms with Crippen LogP contribution in [0.3, 0.4) is 0 Å². The number of carbonyl (C=O) groups excluding carboxylic acids is 1. The maximum atomic E-state index is 12.6. The Morgan fingerprint density at radius 3 is 2.46 bits per heavy atom. The Morgan fingerprint density at radius 1 is 1.23 bits per heavy atom. The number of rotatable bonds is 4. The van der Waals surface area contributed by atoms with Crippen molar-refractivity contribution in [2.45, 2.75) is 24.8 Å². The van der Waals surface area contributed by atoms with E-state index in [1.54, 1.807) is 42.4 Å². The third-order valence-corrected chi connectivity index (χ3v) is 5.16. The number of nitrogens with two attached hydrogens (primary N) is 1. The summed E-state index contributed by atoms with van der Waals surface area (Å²) in [5, 5.41) is 8.48. The number of nitrogens with one attached hydrogen (secondary N) is 1. The van der Waals surface area contributed by atoms with Gasteiger partial charge in [0.25, 0.3) is 0 Å². The molecular weight excluding hydrogens is 352 g/mol. The van der Waals surface area contributed by atoms with Gasteiger partial charge in [0.15, 0.2) is 5.82 Å². The zero-order valence-corrected chi connectivity index (χ0v) is 15.9. The van der Waals surface area contributed by atoms with Crippen LogP contribution in [-0.4, -0.2) is 40.2 Å². The normalized spacial score (nSPS) is 18.1. The molecule has 1 amide bonds. The van der Waals surface area contributed by atoms with E-state index in [4.69, 9.17) is 5.14 Å². The van der Waals surface area contributed by atoms with Gasteiger partial charge in [-0.25, -0.2) is 14.3 Å². The number of likely N-dealkylation sites (N-methyl/N-ethyl adjacent to an activating group) is 2. The van der Waals surface area contributed by atoms with E-state index in [9.17, 15) is 9.00 Å². The highest BCUT2D eigenvalue weighted by Gasteiger charge is 2.37. The van der Waals surface area contributed by atoms with Gasteiger partial charge in [0.1, 0.15) is 22.7 Å². The van der Waals surface area contributed by atoms with Gasteiger partial charge in [-0.1, -0.05) is 13.8 Å². The number of nitrogens with zero attached hydrogens (tertiary/aromatic N) is 4. The van der Waals surface area contributed by atoms with E-state index in [1.165, 1.54) is 0 Å². The summed E-state index contributed by atoms with van der Waals surface area (Å²) in [6.07, 6.45) is 1.64. The molecule has 8 nitrogen and oxygen atoms in total. The van der Waals surface area contributed by atoms with Crippen LogP contribution in [0, 0.1) is 5.92 Å². The fourth-order valence-electron chi connectivity index (χ4n) is 3.07. The lowest BCUT2D eigenvalue weighted by atomic mass is 9.99. The number of aromatic nitrogens is 2. The number of amides is 1. The van der Waals surface area contributed by atoms with E-state index in [1.807, 2.05) is 25.8 Å². The van der Waals surface area contributed by atoms with Crippen molar-refractivity contribution in [2.24, 2.45) is 11.1 Å². The second-order valence-electron chi connectivity index (χ2n) is 6.55. The quantitative estimate of drug-likeness (QED) is 0.843. The van der Waals surface area contributed by atoms with E-state index < -0.39 is 11.0 Å². The van der Waals surface area contributed by atoms with Crippen molar-refractivity contribution in [1.29, 1.82) is 0 Å². The molecule has 2 atom stereocenters. The van der Waals surface area contributed by atoms with E-state index in [-0.39, 0.29) is 17.9 Å². The van der Waals surface area contributed by atoms with E-state index >= 15 is 0 Å². The average molecular weight is 374 g/mol. The second-order valence-corrected chi connectivity index (χ2v) is 7.61. The molecule has 26 heavy (non-hydrogen) atoms. The first-order valence-corrected chi connectivity index (χ1v) is 9.41. The summed E-state index contributed by atoms with van der Waals surface area (Å²) < 4.78 is 11.3. The lowest BCUT2D eigenvalue weighted by molar-refractivity contribution is -0.120. The molecular formula is C17H22N6O2S. The smallest absolute Gasteiger partial charge is 0.249 e. The molecule has 0 bridgehead atoms. The van der Waals surface area contributed by atoms with Crippen molar-refractivity contribution in [3.63, 3.8) is 0 Å². The summed E-state index contributed by atoms with van der Waals surface area (Å²) >= 11 is 0. The molecule has 3 rings (SSSR count).